The molecular formula is C14H13FN2O. The highest BCUT2D eigenvalue weighted by atomic mass is 19.1. The topological polar surface area (TPSA) is 33.2 Å². The van der Waals surface area contributed by atoms with Crippen LogP contribution in [-0.4, -0.2) is 29.9 Å². The van der Waals surface area contributed by atoms with Gasteiger partial charge in [-0.25, -0.2) is 9.37 Å². The molecule has 0 N–H and O–H groups in total. The van der Waals surface area contributed by atoms with E-state index in [2.05, 4.69) is 4.98 Å². The van der Waals surface area contributed by atoms with Crippen LogP contribution in [0.5, 0.6) is 0 Å². The number of hydrogen-bond donors (Lipinski definition) is 0. The van der Waals surface area contributed by atoms with E-state index in [1.165, 1.54) is 23.1 Å². The SMILES string of the molecule is CN(C)C(=O)/C=C/c1ccc2cc(F)ccc2n1. The maximum absolute atomic E-state index is 13.0. The number of fused-ring (bicyclic) bond motifs is 1. The first-order valence-corrected chi connectivity index (χ1v) is 5.52. The molecule has 92 valence electrons. The molecule has 0 saturated carbocycles. The summed E-state index contributed by atoms with van der Waals surface area (Å²) in [5.41, 5.74) is 1.38. The Labute approximate surface area is 105 Å². The lowest BCUT2D eigenvalue weighted by atomic mass is 10.2. The van der Waals surface area contributed by atoms with Gasteiger partial charge in [0.15, 0.2) is 0 Å². The van der Waals surface area contributed by atoms with Crippen LogP contribution in [0.15, 0.2) is 36.4 Å². The fraction of sp³-hybridized carbons (Fsp3) is 0.143. The summed E-state index contributed by atoms with van der Waals surface area (Å²) in [7, 11) is 3.37. The average molecular weight is 244 g/mol. The molecule has 1 amide bonds. The molecule has 0 aliphatic carbocycles. The van der Waals surface area contributed by atoms with Gasteiger partial charge in [0.1, 0.15) is 5.82 Å². The van der Waals surface area contributed by atoms with E-state index in [4.69, 9.17) is 0 Å². The van der Waals surface area contributed by atoms with Crippen molar-refractivity contribution in [2.45, 2.75) is 0 Å². The molecule has 1 aromatic heterocycles. The van der Waals surface area contributed by atoms with Gasteiger partial charge in [0.2, 0.25) is 5.91 Å². The van der Waals surface area contributed by atoms with Crippen LogP contribution in [0.25, 0.3) is 17.0 Å². The van der Waals surface area contributed by atoms with Crippen molar-refractivity contribution in [2.24, 2.45) is 0 Å². The summed E-state index contributed by atoms with van der Waals surface area (Å²) in [6, 6.07) is 7.96. The normalized spacial score (nSPS) is 11.1. The molecule has 0 unspecified atom stereocenters. The van der Waals surface area contributed by atoms with E-state index in [1.54, 1.807) is 38.4 Å². The van der Waals surface area contributed by atoms with Gasteiger partial charge in [-0.15, -0.1) is 0 Å². The van der Waals surface area contributed by atoms with Crippen molar-refractivity contribution in [3.8, 4) is 0 Å². The van der Waals surface area contributed by atoms with Gasteiger partial charge in [0.05, 0.1) is 11.2 Å². The molecule has 3 nitrogen and oxygen atoms in total. The van der Waals surface area contributed by atoms with Gasteiger partial charge >= 0.3 is 0 Å². The van der Waals surface area contributed by atoms with Crippen molar-refractivity contribution in [3.63, 3.8) is 0 Å². The van der Waals surface area contributed by atoms with Crippen molar-refractivity contribution < 1.29 is 9.18 Å². The van der Waals surface area contributed by atoms with Crippen LogP contribution in [0.4, 0.5) is 4.39 Å². The van der Waals surface area contributed by atoms with Crippen LogP contribution in [-0.2, 0) is 4.79 Å². The van der Waals surface area contributed by atoms with Crippen LogP contribution in [0.2, 0.25) is 0 Å². The van der Waals surface area contributed by atoms with Gasteiger partial charge in [-0.05, 0) is 30.3 Å². The third kappa shape index (κ3) is 2.71. The van der Waals surface area contributed by atoms with Gasteiger partial charge in [-0.3, -0.25) is 4.79 Å². The van der Waals surface area contributed by atoms with E-state index in [9.17, 15) is 9.18 Å². The maximum Gasteiger partial charge on any atom is 0.246 e. The van der Waals surface area contributed by atoms with E-state index < -0.39 is 0 Å². The first-order chi connectivity index (χ1) is 8.56. The van der Waals surface area contributed by atoms with Crippen molar-refractivity contribution >= 4 is 22.9 Å². The largest absolute Gasteiger partial charge is 0.345 e. The minimum absolute atomic E-state index is 0.101. The Morgan fingerprint density at radius 3 is 2.78 bits per heavy atom. The Morgan fingerprint density at radius 2 is 2.06 bits per heavy atom. The summed E-state index contributed by atoms with van der Waals surface area (Å²) < 4.78 is 13.0. The Kier molecular flexibility index (Phi) is 3.37. The van der Waals surface area contributed by atoms with Crippen molar-refractivity contribution in [1.82, 2.24) is 9.88 Å². The summed E-state index contributed by atoms with van der Waals surface area (Å²) in [5, 5.41) is 0.742. The minimum atomic E-state index is -0.282. The van der Waals surface area contributed by atoms with Crippen LogP contribution < -0.4 is 0 Å². The zero-order valence-corrected chi connectivity index (χ0v) is 10.2. The highest BCUT2D eigenvalue weighted by molar-refractivity contribution is 5.91. The number of nitrogens with zero attached hydrogens (tertiary/aromatic N) is 2. The lowest BCUT2D eigenvalue weighted by Crippen LogP contribution is -2.18. The first-order valence-electron chi connectivity index (χ1n) is 5.52. The monoisotopic (exact) mass is 244 g/mol. The van der Waals surface area contributed by atoms with Gasteiger partial charge < -0.3 is 4.90 Å². The molecular weight excluding hydrogens is 231 g/mol. The number of likely N-dealkylation sites (N-methyl/N-ethyl adjacent to an activating group) is 1. The van der Waals surface area contributed by atoms with Crippen molar-refractivity contribution in [1.29, 1.82) is 0 Å². The van der Waals surface area contributed by atoms with Gasteiger partial charge in [-0.2, -0.15) is 0 Å². The van der Waals surface area contributed by atoms with E-state index in [0.717, 1.165) is 5.39 Å². The molecule has 0 aliphatic rings. The zero-order chi connectivity index (χ0) is 13.1. The zero-order valence-electron chi connectivity index (χ0n) is 10.2. The molecule has 2 aromatic rings. The van der Waals surface area contributed by atoms with E-state index in [-0.39, 0.29) is 11.7 Å². The fourth-order valence-corrected chi connectivity index (χ4v) is 1.51. The maximum atomic E-state index is 13.0. The Morgan fingerprint density at radius 1 is 1.28 bits per heavy atom. The molecule has 0 fully saturated rings. The van der Waals surface area contributed by atoms with E-state index in [0.29, 0.717) is 11.2 Å². The second-order valence-corrected chi connectivity index (χ2v) is 4.14. The van der Waals surface area contributed by atoms with Crippen molar-refractivity contribution in [3.05, 3.63) is 47.9 Å². The van der Waals surface area contributed by atoms with Gasteiger partial charge in [0, 0.05) is 25.6 Å². The lowest BCUT2D eigenvalue weighted by Gasteiger charge is -2.05. The smallest absolute Gasteiger partial charge is 0.246 e. The Balaban J connectivity index is 2.31. The van der Waals surface area contributed by atoms with Crippen LogP contribution in [0.1, 0.15) is 5.69 Å². The molecule has 4 heteroatoms. The third-order valence-electron chi connectivity index (χ3n) is 2.51. The summed E-state index contributed by atoms with van der Waals surface area (Å²) in [5.74, 6) is -0.383. The number of pyridine rings is 1. The predicted octanol–water partition coefficient (Wildman–Crippen LogP) is 2.48. The number of halogens is 1. The molecule has 18 heavy (non-hydrogen) atoms. The lowest BCUT2D eigenvalue weighted by molar-refractivity contribution is -0.123. The molecule has 0 bridgehead atoms. The molecule has 0 saturated heterocycles. The quantitative estimate of drug-likeness (QED) is 0.760. The molecule has 1 aromatic carbocycles. The Bertz CT molecular complexity index is 620. The van der Waals surface area contributed by atoms with Crippen LogP contribution in [0, 0.1) is 5.82 Å². The number of hydrogen-bond acceptors (Lipinski definition) is 2. The standard InChI is InChI=1S/C14H13FN2O/c1-17(2)14(18)8-6-12-5-3-10-9-11(15)4-7-13(10)16-12/h3-9H,1-2H3/b8-6+. The number of carbonyl (C=O) groups is 1. The molecule has 0 aliphatic heterocycles. The molecule has 0 radical (unpaired) electrons. The summed E-state index contributed by atoms with van der Waals surface area (Å²) >= 11 is 0. The second kappa shape index (κ2) is 4.96. The van der Waals surface area contributed by atoms with E-state index in [1.807, 2.05) is 0 Å². The first kappa shape index (κ1) is 12.2. The molecule has 0 atom stereocenters. The highest BCUT2D eigenvalue weighted by Gasteiger charge is 2.00. The number of aromatic nitrogens is 1. The third-order valence-corrected chi connectivity index (χ3v) is 2.51. The molecule has 1 heterocycles. The number of carbonyl (C=O) groups excluding carboxylic acids is 1. The molecule has 0 spiro atoms. The number of amides is 1. The van der Waals surface area contributed by atoms with Gasteiger partial charge in [0.25, 0.3) is 0 Å². The van der Waals surface area contributed by atoms with Crippen molar-refractivity contribution in [2.75, 3.05) is 14.1 Å². The molecule has 2 rings (SSSR count). The van der Waals surface area contributed by atoms with Gasteiger partial charge in [-0.1, -0.05) is 6.07 Å². The number of rotatable bonds is 2. The average Bonchev–Trinajstić information content (AvgIpc) is 2.35. The van der Waals surface area contributed by atoms with Crippen LogP contribution in [0.3, 0.4) is 0 Å². The predicted molar refractivity (Wildman–Crippen MR) is 69.4 cm³/mol. The minimum Gasteiger partial charge on any atom is -0.345 e. The summed E-state index contributed by atoms with van der Waals surface area (Å²) in [6.45, 7) is 0. The highest BCUT2D eigenvalue weighted by Crippen LogP contribution is 2.14. The van der Waals surface area contributed by atoms with E-state index >= 15 is 0 Å². The Hall–Kier alpha value is -2.23. The number of benzene rings is 1. The fourth-order valence-electron chi connectivity index (χ4n) is 1.51. The second-order valence-electron chi connectivity index (χ2n) is 4.14. The summed E-state index contributed by atoms with van der Waals surface area (Å²) in [6.07, 6.45) is 3.10. The summed E-state index contributed by atoms with van der Waals surface area (Å²) in [4.78, 5) is 17.2. The van der Waals surface area contributed by atoms with Crippen LogP contribution >= 0.6 is 0 Å².